The van der Waals surface area contributed by atoms with Crippen molar-refractivity contribution < 1.29 is 18.6 Å². The average molecular weight is 735 g/mol. The minimum atomic E-state index is -3.04. The van der Waals surface area contributed by atoms with E-state index in [0.717, 1.165) is 0 Å². The molecule has 0 saturated heterocycles. The summed E-state index contributed by atoms with van der Waals surface area (Å²) in [5, 5.41) is 0. The van der Waals surface area contributed by atoms with E-state index in [9.17, 15) is 0 Å². The van der Waals surface area contributed by atoms with Gasteiger partial charge >= 0.3 is 229 Å². The van der Waals surface area contributed by atoms with Crippen molar-refractivity contribution in [3.8, 4) is 22.3 Å². The molecule has 0 heterocycles. The van der Waals surface area contributed by atoms with E-state index in [1.165, 1.54) is 33.4 Å². The van der Waals surface area contributed by atoms with Crippen LogP contribution in [0, 0.1) is 5.92 Å². The maximum Gasteiger partial charge on any atom is -0.147 e. The van der Waals surface area contributed by atoms with Crippen LogP contribution in [0.15, 0.2) is 108 Å². The van der Waals surface area contributed by atoms with Gasteiger partial charge in [-0.2, -0.15) is 0 Å². The smallest absolute Gasteiger partial charge is 0.147 e. The molecule has 0 spiro atoms. The zero-order valence-corrected chi connectivity index (χ0v) is 29.8. The van der Waals surface area contributed by atoms with Crippen LogP contribution in [0.5, 0.6) is 0 Å². The van der Waals surface area contributed by atoms with Gasteiger partial charge in [-0.25, -0.2) is 0 Å². The molecule has 2 aliphatic rings. The Morgan fingerprint density at radius 2 is 1.08 bits per heavy atom. The van der Waals surface area contributed by atoms with Crippen LogP contribution in [-0.2, 0) is 18.6 Å². The summed E-state index contributed by atoms with van der Waals surface area (Å²) in [5.74, 6) is 0.547. The maximum absolute atomic E-state index is 3.04. The third-order valence-corrected chi connectivity index (χ3v) is 29.8. The van der Waals surface area contributed by atoms with Crippen LogP contribution in [0.4, 0.5) is 0 Å². The second-order valence-electron chi connectivity index (χ2n) is 11.4. The van der Waals surface area contributed by atoms with Gasteiger partial charge in [-0.1, -0.05) is 0 Å². The molecular formula is C35H37Cl2HfSi. The molecule has 4 aromatic carbocycles. The fourth-order valence-corrected chi connectivity index (χ4v) is 31.5. The second-order valence-corrected chi connectivity index (χ2v) is 38.8. The first kappa shape index (κ1) is 30.0. The Kier molecular flexibility index (Phi) is 9.13. The Morgan fingerprint density at radius 1 is 0.615 bits per heavy atom. The molecule has 4 aromatic rings. The fourth-order valence-electron chi connectivity index (χ4n) is 6.99. The first-order chi connectivity index (χ1) is 17.9. The summed E-state index contributed by atoms with van der Waals surface area (Å²) >= 11 is -3.04. The Morgan fingerprint density at radius 3 is 1.56 bits per heavy atom. The van der Waals surface area contributed by atoms with E-state index in [2.05, 4.69) is 142 Å². The molecule has 0 saturated carbocycles. The molecule has 2 aliphatic carbocycles. The largest absolute Gasteiger partial charge is 0.147 e. The molecule has 0 aromatic heterocycles. The standard InChI is InChI=1S/C18H17.C16H13.CH3.2ClH.Hf.H2Si/c1-13(2)16-11-15-9-6-10-17(18(15)12-16)14-7-4-3-5-8-14;1-12-10-14-8-5-9-15(16(14)11-12)13-6-3-2-4-7-13;;;;;/h3-13H,1-2H3;2-11H,1H3;1H3;2*1H;;1H2. The first-order valence-electron chi connectivity index (χ1n) is 13.5. The van der Waals surface area contributed by atoms with E-state index in [0.29, 0.717) is 13.3 Å². The molecule has 0 N–H and O–H groups in total. The number of hydrogen-bond acceptors (Lipinski definition) is 0. The van der Waals surface area contributed by atoms with Gasteiger partial charge in [0.1, 0.15) is 0 Å². The fraction of sp³-hybridized carbons (Fsp3) is 0.200. The number of fused-ring (bicyclic) bond motifs is 2. The van der Waals surface area contributed by atoms with Crippen molar-refractivity contribution in [2.75, 3.05) is 0 Å². The van der Waals surface area contributed by atoms with Crippen molar-refractivity contribution in [1.29, 1.82) is 0 Å². The number of halogens is 2. The van der Waals surface area contributed by atoms with E-state index in [1.54, 1.807) is 22.3 Å². The topological polar surface area (TPSA) is 0 Å². The Labute approximate surface area is 252 Å². The van der Waals surface area contributed by atoms with Gasteiger partial charge in [-0.15, -0.1) is 24.8 Å². The van der Waals surface area contributed by atoms with Gasteiger partial charge in [0.05, 0.1) is 0 Å². The summed E-state index contributed by atoms with van der Waals surface area (Å²) in [6, 6.07) is 36.0. The third-order valence-electron chi connectivity index (χ3n) is 8.53. The van der Waals surface area contributed by atoms with E-state index in [-0.39, 0.29) is 24.8 Å². The van der Waals surface area contributed by atoms with Gasteiger partial charge in [-0.3, -0.25) is 0 Å². The predicted octanol–water partition coefficient (Wildman–Crippen LogP) is 9.87. The van der Waals surface area contributed by atoms with Crippen LogP contribution < -0.4 is 0 Å². The van der Waals surface area contributed by atoms with Crippen molar-refractivity contribution in [1.82, 2.24) is 0 Å². The van der Waals surface area contributed by atoms with Crippen LogP contribution >= 0.6 is 24.8 Å². The molecule has 3 unspecified atom stereocenters. The molecule has 6 rings (SSSR count). The molecular weight excluding hydrogens is 698 g/mol. The zero-order chi connectivity index (χ0) is 25.7. The number of rotatable bonds is 5. The second kappa shape index (κ2) is 11.9. The van der Waals surface area contributed by atoms with Gasteiger partial charge in [0.25, 0.3) is 0 Å². The SMILES string of the molecule is CC1=Cc2c(-c3ccccc3)cccc2[CH]1[Hf]([CH3])(=[SiH2])[CH]1C(C(C)C)=Cc2c(-c3ccccc3)cccc21.Cl.Cl. The number of hydrogen-bond donors (Lipinski definition) is 0. The van der Waals surface area contributed by atoms with Gasteiger partial charge in [0.15, 0.2) is 0 Å². The van der Waals surface area contributed by atoms with E-state index >= 15 is 0 Å². The summed E-state index contributed by atoms with van der Waals surface area (Å²) in [5.41, 5.74) is 14.7. The molecule has 0 nitrogen and oxygen atoms in total. The van der Waals surface area contributed by atoms with Crippen LogP contribution in [0.25, 0.3) is 34.4 Å². The van der Waals surface area contributed by atoms with Crippen LogP contribution in [-0.4, -0.2) is 6.94 Å². The monoisotopic (exact) mass is 735 g/mol. The molecule has 0 amide bonds. The average Bonchev–Trinajstić information content (AvgIpc) is 3.48. The van der Waals surface area contributed by atoms with Crippen molar-refractivity contribution in [2.45, 2.75) is 32.8 Å². The molecule has 0 fully saturated rings. The van der Waals surface area contributed by atoms with Gasteiger partial charge in [-0.05, 0) is 0 Å². The Hall–Kier alpha value is -1.97. The van der Waals surface area contributed by atoms with Crippen molar-refractivity contribution >= 4 is 43.9 Å². The van der Waals surface area contributed by atoms with Gasteiger partial charge in [0.2, 0.25) is 0 Å². The predicted molar refractivity (Wildman–Crippen MR) is 175 cm³/mol. The maximum atomic E-state index is 2.74. The number of benzene rings is 4. The molecule has 199 valence electrons. The Balaban J connectivity index is 0.00000176. The van der Waals surface area contributed by atoms with Crippen LogP contribution in [0.2, 0.25) is 4.68 Å². The molecule has 3 atom stereocenters. The molecule has 39 heavy (non-hydrogen) atoms. The van der Waals surface area contributed by atoms with E-state index < -0.39 is 18.6 Å². The normalized spacial score (nSPS) is 18.7. The van der Waals surface area contributed by atoms with E-state index in [1.807, 2.05) is 0 Å². The summed E-state index contributed by atoms with van der Waals surface area (Å²) < 4.78 is 3.94. The summed E-state index contributed by atoms with van der Waals surface area (Å²) in [7, 11) is 0. The van der Waals surface area contributed by atoms with Crippen molar-refractivity contribution in [2.24, 2.45) is 5.92 Å². The quantitative estimate of drug-likeness (QED) is 0.179. The summed E-state index contributed by atoms with van der Waals surface area (Å²) in [4.78, 5) is 0. The van der Waals surface area contributed by atoms with Crippen LogP contribution in [0.3, 0.4) is 0 Å². The van der Waals surface area contributed by atoms with Crippen LogP contribution in [0.1, 0.15) is 50.4 Å². The first-order valence-corrected chi connectivity index (χ1v) is 29.6. The molecule has 0 aliphatic heterocycles. The Bertz CT molecular complexity index is 1600. The molecule has 4 heteroatoms. The van der Waals surface area contributed by atoms with Crippen molar-refractivity contribution in [3.63, 3.8) is 0 Å². The van der Waals surface area contributed by atoms with Gasteiger partial charge in [0, 0.05) is 0 Å². The molecule has 0 bridgehead atoms. The number of allylic oxidation sites excluding steroid dienone is 2. The molecule has 0 radical (unpaired) electrons. The zero-order valence-electron chi connectivity index (χ0n) is 23.1. The minimum Gasteiger partial charge on any atom is -0.147 e. The van der Waals surface area contributed by atoms with E-state index in [4.69, 9.17) is 0 Å². The third kappa shape index (κ3) is 5.15. The summed E-state index contributed by atoms with van der Waals surface area (Å²) in [6.07, 6.45) is 5.10. The minimum absolute atomic E-state index is 0. The van der Waals surface area contributed by atoms with Gasteiger partial charge < -0.3 is 0 Å². The summed E-state index contributed by atoms with van der Waals surface area (Å²) in [6.45, 7) is 9.65. The van der Waals surface area contributed by atoms with Crippen molar-refractivity contribution in [3.05, 3.63) is 130 Å².